The lowest BCUT2D eigenvalue weighted by Gasteiger charge is -2.30. The van der Waals surface area contributed by atoms with Gasteiger partial charge in [-0.25, -0.2) is 0 Å². The second-order valence-electron chi connectivity index (χ2n) is 4.83. The van der Waals surface area contributed by atoms with E-state index in [-0.39, 0.29) is 18.5 Å². The average Bonchev–Trinajstić information content (AvgIpc) is 2.83. The van der Waals surface area contributed by atoms with Gasteiger partial charge in [-0.05, 0) is 46.8 Å². The lowest BCUT2D eigenvalue weighted by molar-refractivity contribution is -0.00556. The number of ether oxygens (including phenoxy) is 1. The van der Waals surface area contributed by atoms with Gasteiger partial charge in [0.2, 0.25) is 0 Å². The zero-order valence-corrected chi connectivity index (χ0v) is 13.1. The summed E-state index contributed by atoms with van der Waals surface area (Å²) < 4.78 is 6.85. The van der Waals surface area contributed by atoms with E-state index in [4.69, 9.17) is 4.74 Å². The molecule has 0 bridgehead atoms. The van der Waals surface area contributed by atoms with Crippen LogP contribution in [0.5, 0.6) is 0 Å². The van der Waals surface area contributed by atoms with Crippen molar-refractivity contribution in [1.29, 1.82) is 0 Å². The monoisotopic (exact) mass is 330 g/mol. The summed E-state index contributed by atoms with van der Waals surface area (Å²) in [6.45, 7) is 2.44. The van der Waals surface area contributed by atoms with E-state index in [0.717, 1.165) is 21.5 Å². The number of ketones is 1. The van der Waals surface area contributed by atoms with E-state index in [1.807, 2.05) is 12.1 Å². The van der Waals surface area contributed by atoms with Crippen molar-refractivity contribution in [3.63, 3.8) is 0 Å². The fraction of sp³-hybridized carbons (Fsp3) is 0.643. The fourth-order valence-electron chi connectivity index (χ4n) is 2.58. The summed E-state index contributed by atoms with van der Waals surface area (Å²) >= 11 is 4.85. The van der Waals surface area contributed by atoms with Crippen LogP contribution in [0.15, 0.2) is 15.9 Å². The van der Waals surface area contributed by atoms with E-state index in [1.165, 1.54) is 30.6 Å². The van der Waals surface area contributed by atoms with Crippen molar-refractivity contribution in [2.24, 2.45) is 5.92 Å². The first-order valence-corrected chi connectivity index (χ1v) is 8.21. The van der Waals surface area contributed by atoms with Crippen molar-refractivity contribution >= 4 is 33.0 Å². The van der Waals surface area contributed by atoms with E-state index in [2.05, 4.69) is 22.9 Å². The first-order chi connectivity index (χ1) is 8.70. The molecule has 2 unspecified atom stereocenters. The summed E-state index contributed by atoms with van der Waals surface area (Å²) in [6, 6.07) is 3.77. The van der Waals surface area contributed by atoms with E-state index < -0.39 is 0 Å². The van der Waals surface area contributed by atoms with Crippen molar-refractivity contribution in [3.8, 4) is 0 Å². The maximum atomic E-state index is 12.0. The molecule has 18 heavy (non-hydrogen) atoms. The van der Waals surface area contributed by atoms with E-state index in [1.54, 1.807) is 0 Å². The maximum Gasteiger partial charge on any atom is 0.198 e. The van der Waals surface area contributed by atoms with Crippen molar-refractivity contribution in [3.05, 3.63) is 20.8 Å². The Hall–Kier alpha value is -0.190. The predicted molar refractivity (Wildman–Crippen MR) is 78.3 cm³/mol. The largest absolute Gasteiger partial charge is 0.370 e. The Balaban J connectivity index is 1.85. The van der Waals surface area contributed by atoms with Crippen LogP contribution >= 0.6 is 27.3 Å². The Bertz CT molecular complexity index is 402. The fourth-order valence-corrected chi connectivity index (χ4v) is 3.89. The molecule has 1 aliphatic carbocycles. The molecule has 1 heterocycles. The molecule has 0 aliphatic heterocycles. The van der Waals surface area contributed by atoms with Gasteiger partial charge in [0.1, 0.15) is 6.61 Å². The topological polar surface area (TPSA) is 26.3 Å². The van der Waals surface area contributed by atoms with Crippen molar-refractivity contribution < 1.29 is 9.53 Å². The zero-order valence-electron chi connectivity index (χ0n) is 10.7. The number of hydrogen-bond donors (Lipinski definition) is 0. The first-order valence-electron chi connectivity index (χ1n) is 6.61. The van der Waals surface area contributed by atoms with Crippen molar-refractivity contribution in [2.45, 2.75) is 45.1 Å². The second-order valence-corrected chi connectivity index (χ2v) is 7.29. The molecule has 2 rings (SSSR count). The van der Waals surface area contributed by atoms with Gasteiger partial charge in [0.05, 0.1) is 14.8 Å². The molecular formula is C14H19BrO2S. The highest BCUT2D eigenvalue weighted by atomic mass is 79.9. The molecule has 0 amide bonds. The number of hydrogen-bond acceptors (Lipinski definition) is 3. The Morgan fingerprint density at radius 3 is 2.89 bits per heavy atom. The van der Waals surface area contributed by atoms with Gasteiger partial charge < -0.3 is 4.74 Å². The third kappa shape index (κ3) is 3.65. The number of carbonyl (C=O) groups excluding carboxylic acids is 1. The molecule has 0 N–H and O–H groups in total. The Morgan fingerprint density at radius 1 is 1.44 bits per heavy atom. The molecule has 0 saturated heterocycles. The molecular weight excluding hydrogens is 312 g/mol. The van der Waals surface area contributed by atoms with Gasteiger partial charge in [-0.3, -0.25) is 4.79 Å². The molecule has 1 fully saturated rings. The molecule has 0 aromatic carbocycles. The zero-order chi connectivity index (χ0) is 13.0. The van der Waals surface area contributed by atoms with Gasteiger partial charge in [-0.1, -0.05) is 26.2 Å². The number of rotatable bonds is 5. The predicted octanol–water partition coefficient (Wildman–Crippen LogP) is 4.68. The molecule has 100 valence electrons. The SMILES string of the molecule is CCC1CCCCC1OCC(=O)c1ccc(Br)s1. The van der Waals surface area contributed by atoms with Gasteiger partial charge in [0.25, 0.3) is 0 Å². The molecule has 2 nitrogen and oxygen atoms in total. The maximum absolute atomic E-state index is 12.0. The van der Waals surface area contributed by atoms with Gasteiger partial charge in [0.15, 0.2) is 5.78 Å². The quantitative estimate of drug-likeness (QED) is 0.733. The highest BCUT2D eigenvalue weighted by molar-refractivity contribution is 9.11. The average molecular weight is 331 g/mol. The van der Waals surface area contributed by atoms with Crippen LogP contribution in [-0.4, -0.2) is 18.5 Å². The van der Waals surface area contributed by atoms with Crippen LogP contribution in [0.2, 0.25) is 0 Å². The molecule has 1 aromatic rings. The Morgan fingerprint density at radius 2 is 2.22 bits per heavy atom. The van der Waals surface area contributed by atoms with Crippen molar-refractivity contribution in [1.82, 2.24) is 0 Å². The lowest BCUT2D eigenvalue weighted by atomic mass is 9.85. The van der Waals surface area contributed by atoms with E-state index in [0.29, 0.717) is 5.92 Å². The molecule has 1 aromatic heterocycles. The summed E-state index contributed by atoms with van der Waals surface area (Å²) in [5.74, 6) is 0.743. The minimum absolute atomic E-state index is 0.103. The van der Waals surface area contributed by atoms with Gasteiger partial charge >= 0.3 is 0 Å². The summed E-state index contributed by atoms with van der Waals surface area (Å²) in [6.07, 6.45) is 6.35. The van der Waals surface area contributed by atoms with E-state index in [9.17, 15) is 4.79 Å². The standard InChI is InChI=1S/C14H19BrO2S/c1-2-10-5-3-4-6-12(10)17-9-11(16)13-7-8-14(15)18-13/h7-8,10,12H,2-6,9H2,1H3. The summed E-state index contributed by atoms with van der Waals surface area (Å²) in [4.78, 5) is 12.7. The first kappa shape index (κ1) is 14.2. The molecule has 2 atom stereocenters. The van der Waals surface area contributed by atoms with Gasteiger partial charge in [-0.15, -0.1) is 11.3 Å². The number of halogens is 1. The molecule has 4 heteroatoms. The third-order valence-electron chi connectivity index (χ3n) is 3.64. The summed E-state index contributed by atoms with van der Waals surface area (Å²) in [7, 11) is 0. The van der Waals surface area contributed by atoms with Crippen LogP contribution < -0.4 is 0 Å². The van der Waals surface area contributed by atoms with Crippen LogP contribution in [0.1, 0.15) is 48.7 Å². The van der Waals surface area contributed by atoms with Crippen LogP contribution in [0.3, 0.4) is 0 Å². The third-order valence-corrected chi connectivity index (χ3v) is 5.30. The van der Waals surface area contributed by atoms with Gasteiger partial charge in [-0.2, -0.15) is 0 Å². The summed E-state index contributed by atoms with van der Waals surface area (Å²) in [5.41, 5.74) is 0. The minimum Gasteiger partial charge on any atom is -0.370 e. The molecule has 0 radical (unpaired) electrons. The number of Topliss-reactive ketones (excluding diaryl/α,β-unsaturated/α-hetero) is 1. The molecule has 1 aliphatic rings. The summed E-state index contributed by atoms with van der Waals surface area (Å²) in [5, 5.41) is 0. The van der Waals surface area contributed by atoms with Gasteiger partial charge in [0, 0.05) is 0 Å². The molecule has 1 saturated carbocycles. The van der Waals surface area contributed by atoms with Crippen molar-refractivity contribution in [2.75, 3.05) is 6.61 Å². The van der Waals surface area contributed by atoms with Crippen LogP contribution in [0.25, 0.3) is 0 Å². The lowest BCUT2D eigenvalue weighted by Crippen LogP contribution is -2.29. The Labute approximate surface area is 121 Å². The smallest absolute Gasteiger partial charge is 0.198 e. The minimum atomic E-state index is 0.103. The van der Waals surface area contributed by atoms with E-state index >= 15 is 0 Å². The second kappa shape index (κ2) is 6.83. The number of thiophene rings is 1. The van der Waals surface area contributed by atoms with Crippen LogP contribution in [-0.2, 0) is 4.74 Å². The highest BCUT2D eigenvalue weighted by Crippen LogP contribution is 2.29. The molecule has 0 spiro atoms. The van der Waals surface area contributed by atoms with Crippen LogP contribution in [0, 0.1) is 5.92 Å². The number of carbonyl (C=O) groups is 1. The van der Waals surface area contributed by atoms with Crippen LogP contribution in [0.4, 0.5) is 0 Å². The normalized spacial score (nSPS) is 24.1. The highest BCUT2D eigenvalue weighted by Gasteiger charge is 2.25. The Kier molecular flexibility index (Phi) is 5.39.